The van der Waals surface area contributed by atoms with Gasteiger partial charge in [0.15, 0.2) is 0 Å². The van der Waals surface area contributed by atoms with Crippen molar-refractivity contribution < 1.29 is 14.3 Å². The van der Waals surface area contributed by atoms with Crippen LogP contribution in [0.15, 0.2) is 18.6 Å². The van der Waals surface area contributed by atoms with E-state index >= 15 is 0 Å². The lowest BCUT2D eigenvalue weighted by Gasteiger charge is -2.36. The van der Waals surface area contributed by atoms with E-state index in [4.69, 9.17) is 9.47 Å². The molecule has 1 aromatic rings. The summed E-state index contributed by atoms with van der Waals surface area (Å²) in [6, 6.07) is 1.92. The molecule has 1 amide bonds. The molecule has 0 N–H and O–H groups in total. The second-order valence-corrected chi connectivity index (χ2v) is 6.75. The molecule has 1 aromatic heterocycles. The first-order valence-corrected chi connectivity index (χ1v) is 8.59. The van der Waals surface area contributed by atoms with Crippen LogP contribution >= 0.6 is 0 Å². The summed E-state index contributed by atoms with van der Waals surface area (Å²) in [6.07, 6.45) is 7.26. The number of amides is 1. The molecule has 4 rings (SSSR count). The van der Waals surface area contributed by atoms with Crippen molar-refractivity contribution in [3.8, 4) is 0 Å². The Morgan fingerprint density at radius 1 is 1.26 bits per heavy atom. The van der Waals surface area contributed by atoms with E-state index in [0.717, 1.165) is 44.5 Å². The molecule has 0 aromatic carbocycles. The van der Waals surface area contributed by atoms with E-state index in [2.05, 4.69) is 9.97 Å². The summed E-state index contributed by atoms with van der Waals surface area (Å²) in [5.41, 5.74) is 0.955. The zero-order chi connectivity index (χ0) is 15.6. The lowest BCUT2D eigenvalue weighted by atomic mass is 9.90. The third-order valence-electron chi connectivity index (χ3n) is 5.37. The number of carbonyl (C=O) groups excluding carboxylic acids is 1. The monoisotopic (exact) mass is 317 g/mol. The standard InChI is InChI=1S/C17H23N3O3/c21-17(12-3-7-22-8-4-12)20-6-2-13-9-15(23-16(13)10-20)14-1-5-18-11-19-14/h1,5,11-13,15-16H,2-4,6-10H2/t13-,15+,16+/m0/s1. The molecule has 6 nitrogen and oxygen atoms in total. The summed E-state index contributed by atoms with van der Waals surface area (Å²) in [4.78, 5) is 23.0. The van der Waals surface area contributed by atoms with E-state index in [1.54, 1.807) is 12.5 Å². The first kappa shape index (κ1) is 15.0. The van der Waals surface area contributed by atoms with E-state index in [1.165, 1.54) is 0 Å². The van der Waals surface area contributed by atoms with Crippen LogP contribution in [0.1, 0.15) is 37.5 Å². The Labute approximate surface area is 136 Å². The summed E-state index contributed by atoms with van der Waals surface area (Å²) in [5.74, 6) is 0.967. The molecule has 23 heavy (non-hydrogen) atoms. The third kappa shape index (κ3) is 3.10. The van der Waals surface area contributed by atoms with Crippen molar-refractivity contribution in [1.82, 2.24) is 14.9 Å². The van der Waals surface area contributed by atoms with Crippen molar-refractivity contribution in [3.63, 3.8) is 0 Å². The largest absolute Gasteiger partial charge is 0.381 e. The molecule has 3 fully saturated rings. The number of rotatable bonds is 2. The second-order valence-electron chi connectivity index (χ2n) is 6.75. The van der Waals surface area contributed by atoms with Crippen LogP contribution in [0.3, 0.4) is 0 Å². The van der Waals surface area contributed by atoms with Gasteiger partial charge < -0.3 is 14.4 Å². The topological polar surface area (TPSA) is 64.5 Å². The highest BCUT2D eigenvalue weighted by atomic mass is 16.5. The van der Waals surface area contributed by atoms with Gasteiger partial charge in [0.05, 0.1) is 11.8 Å². The molecule has 3 atom stereocenters. The highest BCUT2D eigenvalue weighted by Crippen LogP contribution is 2.40. The minimum absolute atomic E-state index is 0.0473. The fourth-order valence-electron chi connectivity index (χ4n) is 4.02. The van der Waals surface area contributed by atoms with Crippen molar-refractivity contribution in [2.45, 2.75) is 37.9 Å². The minimum Gasteiger partial charge on any atom is -0.381 e. The maximum atomic E-state index is 12.7. The number of piperidine rings is 1. The number of carbonyl (C=O) groups is 1. The van der Waals surface area contributed by atoms with Gasteiger partial charge in [0.25, 0.3) is 0 Å². The maximum absolute atomic E-state index is 12.7. The first-order chi connectivity index (χ1) is 11.3. The number of nitrogens with zero attached hydrogens (tertiary/aromatic N) is 3. The minimum atomic E-state index is 0.0473. The highest BCUT2D eigenvalue weighted by molar-refractivity contribution is 5.79. The SMILES string of the molecule is O=C(C1CCOCC1)N1CC[C@H]2C[C@H](c3ccncn3)O[C@@H]2C1. The number of likely N-dealkylation sites (tertiary alicyclic amines) is 1. The molecule has 0 spiro atoms. The van der Waals surface area contributed by atoms with Crippen LogP contribution in [0.4, 0.5) is 0 Å². The van der Waals surface area contributed by atoms with Crippen LogP contribution < -0.4 is 0 Å². The van der Waals surface area contributed by atoms with Gasteiger partial charge in [0, 0.05) is 38.4 Å². The van der Waals surface area contributed by atoms with Crippen molar-refractivity contribution in [3.05, 3.63) is 24.3 Å². The Balaban J connectivity index is 1.38. The fraction of sp³-hybridized carbons (Fsp3) is 0.706. The van der Waals surface area contributed by atoms with Gasteiger partial charge in [-0.1, -0.05) is 0 Å². The van der Waals surface area contributed by atoms with E-state index in [9.17, 15) is 4.79 Å². The highest BCUT2D eigenvalue weighted by Gasteiger charge is 2.42. The predicted molar refractivity (Wildman–Crippen MR) is 82.5 cm³/mol. The van der Waals surface area contributed by atoms with Gasteiger partial charge >= 0.3 is 0 Å². The zero-order valence-corrected chi connectivity index (χ0v) is 13.3. The van der Waals surface area contributed by atoms with Crippen molar-refractivity contribution in [2.24, 2.45) is 11.8 Å². The van der Waals surface area contributed by atoms with Crippen LogP contribution in [0.2, 0.25) is 0 Å². The Morgan fingerprint density at radius 2 is 2.13 bits per heavy atom. The molecule has 3 aliphatic heterocycles. The van der Waals surface area contributed by atoms with Crippen LogP contribution in [0, 0.1) is 11.8 Å². The molecule has 6 heteroatoms. The Hall–Kier alpha value is -1.53. The quantitative estimate of drug-likeness (QED) is 0.828. The van der Waals surface area contributed by atoms with Crippen molar-refractivity contribution >= 4 is 5.91 Å². The normalized spacial score (nSPS) is 31.8. The van der Waals surface area contributed by atoms with Crippen molar-refractivity contribution in [1.29, 1.82) is 0 Å². The smallest absolute Gasteiger partial charge is 0.225 e. The molecule has 0 bridgehead atoms. The number of ether oxygens (including phenoxy) is 2. The summed E-state index contributed by atoms with van der Waals surface area (Å²) in [5, 5.41) is 0. The average molecular weight is 317 g/mol. The van der Waals surface area contributed by atoms with Gasteiger partial charge in [-0.05, 0) is 37.7 Å². The Morgan fingerprint density at radius 3 is 2.91 bits per heavy atom. The van der Waals surface area contributed by atoms with E-state index in [0.29, 0.717) is 25.0 Å². The lowest BCUT2D eigenvalue weighted by molar-refractivity contribution is -0.143. The number of fused-ring (bicyclic) bond motifs is 1. The van der Waals surface area contributed by atoms with Gasteiger partial charge in [-0.2, -0.15) is 0 Å². The fourth-order valence-corrected chi connectivity index (χ4v) is 4.02. The molecular weight excluding hydrogens is 294 g/mol. The van der Waals surface area contributed by atoms with E-state index in [-0.39, 0.29) is 18.1 Å². The molecule has 124 valence electrons. The average Bonchev–Trinajstić information content (AvgIpc) is 3.06. The number of hydrogen-bond acceptors (Lipinski definition) is 5. The summed E-state index contributed by atoms with van der Waals surface area (Å²) in [6.45, 7) is 3.00. The molecule has 4 heterocycles. The Kier molecular flexibility index (Phi) is 4.27. The van der Waals surface area contributed by atoms with Crippen LogP contribution in [-0.4, -0.2) is 53.2 Å². The number of hydrogen-bond donors (Lipinski definition) is 0. The molecule has 0 aliphatic carbocycles. The number of aromatic nitrogens is 2. The zero-order valence-electron chi connectivity index (χ0n) is 13.3. The maximum Gasteiger partial charge on any atom is 0.225 e. The van der Waals surface area contributed by atoms with Gasteiger partial charge in [0.2, 0.25) is 5.91 Å². The van der Waals surface area contributed by atoms with E-state index < -0.39 is 0 Å². The predicted octanol–water partition coefficient (Wildman–Crippen LogP) is 1.58. The summed E-state index contributed by atoms with van der Waals surface area (Å²) < 4.78 is 11.6. The molecular formula is C17H23N3O3. The molecule has 0 saturated carbocycles. The second kappa shape index (κ2) is 6.53. The van der Waals surface area contributed by atoms with Crippen molar-refractivity contribution in [2.75, 3.05) is 26.3 Å². The summed E-state index contributed by atoms with van der Waals surface area (Å²) >= 11 is 0. The summed E-state index contributed by atoms with van der Waals surface area (Å²) in [7, 11) is 0. The van der Waals surface area contributed by atoms with Gasteiger partial charge in [-0.3, -0.25) is 4.79 Å². The first-order valence-electron chi connectivity index (χ1n) is 8.59. The van der Waals surface area contributed by atoms with Crippen LogP contribution in [0.25, 0.3) is 0 Å². The lowest BCUT2D eigenvalue weighted by Crippen LogP contribution is -2.48. The molecule has 0 unspecified atom stereocenters. The molecule has 3 saturated heterocycles. The van der Waals surface area contributed by atoms with Gasteiger partial charge in [-0.15, -0.1) is 0 Å². The molecule has 3 aliphatic rings. The third-order valence-corrected chi connectivity index (χ3v) is 5.37. The molecule has 0 radical (unpaired) electrons. The van der Waals surface area contributed by atoms with Crippen LogP contribution in [-0.2, 0) is 14.3 Å². The van der Waals surface area contributed by atoms with Gasteiger partial charge in [0.1, 0.15) is 12.4 Å². The van der Waals surface area contributed by atoms with Gasteiger partial charge in [-0.25, -0.2) is 9.97 Å². The Bertz CT molecular complexity index is 547. The van der Waals surface area contributed by atoms with E-state index in [1.807, 2.05) is 11.0 Å². The van der Waals surface area contributed by atoms with Crippen LogP contribution in [0.5, 0.6) is 0 Å².